The van der Waals surface area contributed by atoms with E-state index in [9.17, 15) is 27.2 Å². The van der Waals surface area contributed by atoms with Crippen LogP contribution in [0.2, 0.25) is 5.02 Å². The van der Waals surface area contributed by atoms with E-state index < -0.39 is 34.6 Å². The van der Waals surface area contributed by atoms with E-state index in [0.717, 1.165) is 13.1 Å². The Morgan fingerprint density at radius 2 is 1.71 bits per heavy atom. The van der Waals surface area contributed by atoms with Crippen LogP contribution in [0.15, 0.2) is 27.8 Å². The summed E-state index contributed by atoms with van der Waals surface area (Å²) < 4.78 is 53.3. The van der Waals surface area contributed by atoms with E-state index in [4.69, 9.17) is 11.6 Å². The molecular weight excluding hydrogens is 352 g/mol. The largest absolute Gasteiger partial charge is 0.431 e. The van der Waals surface area contributed by atoms with E-state index in [0.29, 0.717) is 10.1 Å². The SMILES string of the molecule is CC(C)c1cc(-n2c(=O)cc(C(F)(F)F)n(C)c2=O)c(F)cc1Cl. The normalized spacial score (nSPS) is 12.0. The Hall–Kier alpha value is -2.09. The highest BCUT2D eigenvalue weighted by molar-refractivity contribution is 6.31. The van der Waals surface area contributed by atoms with Gasteiger partial charge < -0.3 is 0 Å². The van der Waals surface area contributed by atoms with Crippen molar-refractivity contribution in [2.45, 2.75) is 25.9 Å². The number of hydrogen-bond donors (Lipinski definition) is 0. The van der Waals surface area contributed by atoms with Crippen LogP contribution in [0.5, 0.6) is 0 Å². The molecule has 0 aliphatic rings. The molecule has 0 unspecified atom stereocenters. The van der Waals surface area contributed by atoms with Gasteiger partial charge in [0.15, 0.2) is 0 Å². The molecule has 1 aromatic carbocycles. The molecule has 0 atom stereocenters. The standard InChI is InChI=1S/C15H13ClF4N2O2/c1-7(2)8-4-11(10(17)5-9(8)16)22-13(23)6-12(15(18,19)20)21(3)14(22)24/h4-7H,1-3H3. The topological polar surface area (TPSA) is 44.0 Å². The average Bonchev–Trinajstić information content (AvgIpc) is 2.43. The lowest BCUT2D eigenvalue weighted by atomic mass is 10.0. The lowest BCUT2D eigenvalue weighted by molar-refractivity contribution is -0.144. The summed E-state index contributed by atoms with van der Waals surface area (Å²) in [6, 6.07) is 2.37. The van der Waals surface area contributed by atoms with Gasteiger partial charge in [-0.1, -0.05) is 25.4 Å². The molecule has 9 heteroatoms. The molecule has 0 spiro atoms. The number of hydrogen-bond acceptors (Lipinski definition) is 2. The lowest BCUT2D eigenvalue weighted by Crippen LogP contribution is -2.41. The van der Waals surface area contributed by atoms with Crippen molar-refractivity contribution in [2.24, 2.45) is 7.05 Å². The minimum Gasteiger partial charge on any atom is -0.292 e. The highest BCUT2D eigenvalue weighted by Gasteiger charge is 2.35. The Kier molecular flexibility index (Phi) is 4.63. The van der Waals surface area contributed by atoms with Gasteiger partial charge in [0.2, 0.25) is 0 Å². The van der Waals surface area contributed by atoms with Gasteiger partial charge in [-0.3, -0.25) is 9.36 Å². The van der Waals surface area contributed by atoms with Crippen LogP contribution < -0.4 is 11.2 Å². The number of aromatic nitrogens is 2. The van der Waals surface area contributed by atoms with E-state index in [1.165, 1.54) is 6.07 Å². The third-order valence-corrected chi connectivity index (χ3v) is 3.87. The molecule has 1 aromatic heterocycles. The molecule has 1 heterocycles. The van der Waals surface area contributed by atoms with Crippen molar-refractivity contribution in [1.29, 1.82) is 0 Å². The first-order valence-corrected chi connectivity index (χ1v) is 7.22. The summed E-state index contributed by atoms with van der Waals surface area (Å²) in [5.41, 5.74) is -3.97. The van der Waals surface area contributed by atoms with Crippen LogP contribution >= 0.6 is 11.6 Å². The minimum absolute atomic E-state index is 0.100. The molecule has 130 valence electrons. The molecule has 0 N–H and O–H groups in total. The summed E-state index contributed by atoms with van der Waals surface area (Å²) in [6.07, 6.45) is -4.88. The molecule has 4 nitrogen and oxygen atoms in total. The van der Waals surface area contributed by atoms with Gasteiger partial charge in [0.25, 0.3) is 5.56 Å². The van der Waals surface area contributed by atoms with Gasteiger partial charge in [0.1, 0.15) is 11.5 Å². The first kappa shape index (κ1) is 18.3. The molecular formula is C15H13ClF4N2O2. The third kappa shape index (κ3) is 3.10. The van der Waals surface area contributed by atoms with E-state index >= 15 is 0 Å². The number of alkyl halides is 3. The minimum atomic E-state index is -4.88. The predicted molar refractivity (Wildman–Crippen MR) is 81.3 cm³/mol. The molecule has 0 fully saturated rings. The third-order valence-electron chi connectivity index (χ3n) is 3.54. The summed E-state index contributed by atoms with van der Waals surface area (Å²) in [5.74, 6) is -1.13. The van der Waals surface area contributed by atoms with Crippen molar-refractivity contribution in [1.82, 2.24) is 9.13 Å². The van der Waals surface area contributed by atoms with E-state index in [1.54, 1.807) is 13.8 Å². The molecule has 0 aliphatic heterocycles. The number of halogens is 5. The van der Waals surface area contributed by atoms with Crippen molar-refractivity contribution in [3.8, 4) is 5.69 Å². The molecule has 24 heavy (non-hydrogen) atoms. The van der Waals surface area contributed by atoms with Crippen molar-refractivity contribution in [2.75, 3.05) is 0 Å². The molecule has 2 aromatic rings. The molecule has 0 radical (unpaired) electrons. The molecule has 0 saturated carbocycles. The van der Waals surface area contributed by atoms with Gasteiger partial charge in [0, 0.05) is 18.1 Å². The zero-order valence-corrected chi connectivity index (χ0v) is 13.7. The summed E-state index contributed by atoms with van der Waals surface area (Å²) in [6.45, 7) is 3.52. The van der Waals surface area contributed by atoms with Crippen LogP contribution in [0.4, 0.5) is 17.6 Å². The first-order valence-electron chi connectivity index (χ1n) is 6.84. The molecule has 0 saturated heterocycles. The van der Waals surface area contributed by atoms with Gasteiger partial charge in [0.05, 0.1) is 5.69 Å². The second kappa shape index (κ2) is 6.08. The first-order chi connectivity index (χ1) is 10.9. The van der Waals surface area contributed by atoms with Gasteiger partial charge in [-0.2, -0.15) is 13.2 Å². The Bertz CT molecular complexity index is 913. The number of nitrogens with zero attached hydrogens (tertiary/aromatic N) is 2. The Labute approximate surface area is 138 Å². The average molecular weight is 365 g/mol. The smallest absolute Gasteiger partial charge is 0.292 e. The summed E-state index contributed by atoms with van der Waals surface area (Å²) in [4.78, 5) is 24.2. The van der Waals surface area contributed by atoms with E-state index in [2.05, 4.69) is 0 Å². The zero-order valence-electron chi connectivity index (χ0n) is 12.9. The number of rotatable bonds is 2. The molecule has 0 aliphatic carbocycles. The maximum absolute atomic E-state index is 14.2. The highest BCUT2D eigenvalue weighted by Crippen LogP contribution is 2.29. The molecule has 2 rings (SSSR count). The van der Waals surface area contributed by atoms with Gasteiger partial charge in [-0.15, -0.1) is 0 Å². The predicted octanol–water partition coefficient (Wildman–Crippen LogP) is 3.47. The van der Waals surface area contributed by atoms with Crippen LogP contribution in [-0.4, -0.2) is 9.13 Å². The van der Waals surface area contributed by atoms with Crippen LogP contribution in [-0.2, 0) is 13.2 Å². The monoisotopic (exact) mass is 364 g/mol. The van der Waals surface area contributed by atoms with Gasteiger partial charge in [-0.25, -0.2) is 13.8 Å². The fourth-order valence-corrected chi connectivity index (χ4v) is 2.66. The van der Waals surface area contributed by atoms with Crippen molar-refractivity contribution < 1.29 is 17.6 Å². The Morgan fingerprint density at radius 1 is 1.12 bits per heavy atom. The number of benzene rings is 1. The maximum atomic E-state index is 14.2. The van der Waals surface area contributed by atoms with Gasteiger partial charge >= 0.3 is 11.9 Å². The van der Waals surface area contributed by atoms with Crippen LogP contribution in [0.25, 0.3) is 5.69 Å². The van der Waals surface area contributed by atoms with Crippen LogP contribution in [0.3, 0.4) is 0 Å². The molecule has 0 bridgehead atoms. The Morgan fingerprint density at radius 3 is 2.21 bits per heavy atom. The highest BCUT2D eigenvalue weighted by atomic mass is 35.5. The van der Waals surface area contributed by atoms with Crippen LogP contribution in [0, 0.1) is 5.82 Å². The fraction of sp³-hybridized carbons (Fsp3) is 0.333. The lowest BCUT2D eigenvalue weighted by Gasteiger charge is -2.16. The summed E-state index contributed by atoms with van der Waals surface area (Å²) in [5, 5.41) is 0.100. The Balaban J connectivity index is 2.85. The quantitative estimate of drug-likeness (QED) is 0.766. The second-order valence-electron chi connectivity index (χ2n) is 5.52. The van der Waals surface area contributed by atoms with Crippen molar-refractivity contribution in [3.63, 3.8) is 0 Å². The van der Waals surface area contributed by atoms with Crippen LogP contribution in [0.1, 0.15) is 31.0 Å². The fourth-order valence-electron chi connectivity index (χ4n) is 2.29. The maximum Gasteiger partial charge on any atom is 0.431 e. The summed E-state index contributed by atoms with van der Waals surface area (Å²) in [7, 11) is 0.859. The second-order valence-corrected chi connectivity index (χ2v) is 5.93. The van der Waals surface area contributed by atoms with Crippen molar-refractivity contribution in [3.05, 3.63) is 61.1 Å². The van der Waals surface area contributed by atoms with Gasteiger partial charge in [-0.05, 0) is 23.6 Å². The zero-order chi connectivity index (χ0) is 18.4. The van der Waals surface area contributed by atoms with Crippen molar-refractivity contribution >= 4 is 11.6 Å². The summed E-state index contributed by atoms with van der Waals surface area (Å²) >= 11 is 5.92. The molecule has 0 amide bonds. The van der Waals surface area contributed by atoms with E-state index in [-0.39, 0.29) is 21.6 Å². The van der Waals surface area contributed by atoms with E-state index in [1.807, 2.05) is 0 Å².